The van der Waals surface area contributed by atoms with Gasteiger partial charge < -0.3 is 72.7 Å². The summed E-state index contributed by atoms with van der Waals surface area (Å²) in [6, 6.07) is 0. The molecule has 0 radical (unpaired) electrons. The molecule has 0 aromatic carbocycles. The quantitative estimate of drug-likeness (QED) is 0.0513. The highest BCUT2D eigenvalue weighted by Crippen LogP contribution is 2.13. The van der Waals surface area contributed by atoms with Crippen molar-refractivity contribution in [3.8, 4) is 0 Å². The molecule has 0 aliphatic carbocycles. The number of amides is 7. The van der Waals surface area contributed by atoms with Gasteiger partial charge in [0, 0.05) is 82.6 Å². The summed E-state index contributed by atoms with van der Waals surface area (Å²) in [5.41, 5.74) is 5.29. The highest BCUT2D eigenvalue weighted by atomic mass is 16.7. The van der Waals surface area contributed by atoms with E-state index in [0.717, 1.165) is 22.0 Å². The molecular weight excluding hydrogens is 1040 g/mol. The van der Waals surface area contributed by atoms with Gasteiger partial charge in [-0.2, -0.15) is 0 Å². The number of carbonyl (C=O) groups excluding carboxylic acids is 10. The number of ketones is 2. The molecule has 0 spiro atoms. The zero-order chi connectivity index (χ0) is 57.3. The summed E-state index contributed by atoms with van der Waals surface area (Å²) in [6.07, 6.45) is 5.26. The molecule has 1 saturated heterocycles. The second kappa shape index (κ2) is 48.8. The van der Waals surface area contributed by atoms with Crippen LogP contribution in [0.3, 0.4) is 0 Å². The van der Waals surface area contributed by atoms with Gasteiger partial charge in [0.2, 0.25) is 5.91 Å². The molecule has 3 rings (SSSR count). The van der Waals surface area contributed by atoms with Crippen LogP contribution in [-0.4, -0.2) is 258 Å². The molecule has 7 amide bonds. The van der Waals surface area contributed by atoms with E-state index in [1.54, 1.807) is 6.92 Å². The Kier molecular flexibility index (Phi) is 44.2. The fraction of sp³-hybridized carbons (Fsp3) is 0.720. The van der Waals surface area contributed by atoms with Crippen LogP contribution in [0.5, 0.6) is 0 Å². The second-order valence-electron chi connectivity index (χ2n) is 16.3. The molecule has 28 heteroatoms. The van der Waals surface area contributed by atoms with Crippen LogP contribution in [-0.2, 0) is 110 Å². The number of Topliss-reactive ketones (excluding diaryl/α,β-unsaturated/α-hetero) is 2. The summed E-state index contributed by atoms with van der Waals surface area (Å²) in [5, 5.41) is 3.09. The van der Waals surface area contributed by atoms with Gasteiger partial charge >= 0.3 is 5.97 Å². The largest absolute Gasteiger partial charge is 0.379 e. The van der Waals surface area contributed by atoms with Crippen LogP contribution in [0, 0.1) is 0 Å². The monoisotopic (exact) mass is 1120 g/mol. The lowest BCUT2D eigenvalue weighted by Crippen LogP contribution is -2.35. The van der Waals surface area contributed by atoms with Gasteiger partial charge in [-0.15, -0.1) is 5.06 Å². The summed E-state index contributed by atoms with van der Waals surface area (Å²) in [6.45, 7) is 15.4. The Labute approximate surface area is 454 Å². The third-order valence-corrected chi connectivity index (χ3v) is 9.85. The highest BCUT2D eigenvalue weighted by Gasteiger charge is 2.33. The van der Waals surface area contributed by atoms with E-state index in [0.29, 0.717) is 190 Å². The Balaban J connectivity index is 0.000000616. The number of ether oxygens (including phenoxy) is 12. The molecule has 0 bridgehead atoms. The molecular formula is C50H81N5O23. The maximum atomic E-state index is 11.7. The summed E-state index contributed by atoms with van der Waals surface area (Å²) >= 11 is 0. The van der Waals surface area contributed by atoms with Crippen molar-refractivity contribution < 1.29 is 110 Å². The molecule has 0 aromatic rings. The molecule has 0 aromatic heterocycles. The smallest absolute Gasteiger partial charge is 0.335 e. The van der Waals surface area contributed by atoms with Crippen molar-refractivity contribution in [1.29, 1.82) is 0 Å². The first kappa shape index (κ1) is 70.7. The van der Waals surface area contributed by atoms with Gasteiger partial charge in [-0.05, 0) is 13.8 Å². The van der Waals surface area contributed by atoms with Gasteiger partial charge in [0.1, 0.15) is 11.6 Å². The lowest BCUT2D eigenvalue weighted by atomic mass is 10.3. The van der Waals surface area contributed by atoms with Gasteiger partial charge in [0.25, 0.3) is 35.4 Å². The summed E-state index contributed by atoms with van der Waals surface area (Å²) in [7, 11) is 0. The first-order chi connectivity index (χ1) is 37.8. The number of hydroxylamine groups is 2. The Morgan fingerprint density at radius 3 is 1.00 bits per heavy atom. The van der Waals surface area contributed by atoms with Crippen LogP contribution in [0.2, 0.25) is 0 Å². The van der Waals surface area contributed by atoms with E-state index in [1.165, 1.54) is 19.1 Å². The van der Waals surface area contributed by atoms with E-state index < -0.39 is 41.4 Å². The van der Waals surface area contributed by atoms with Crippen LogP contribution in [0.1, 0.15) is 52.4 Å². The van der Waals surface area contributed by atoms with E-state index in [-0.39, 0.29) is 56.2 Å². The Morgan fingerprint density at radius 1 is 0.410 bits per heavy atom. The number of nitrogens with zero attached hydrogens (tertiary/aromatic N) is 3. The van der Waals surface area contributed by atoms with E-state index in [4.69, 9.17) is 62.6 Å². The van der Waals surface area contributed by atoms with Crippen molar-refractivity contribution in [2.24, 2.45) is 5.73 Å². The molecule has 3 N–H and O–H groups in total. The molecule has 28 nitrogen and oxygen atoms in total. The number of hydrogen-bond donors (Lipinski definition) is 2. The van der Waals surface area contributed by atoms with Crippen LogP contribution < -0.4 is 11.1 Å². The normalized spacial score (nSPS) is 13.9. The van der Waals surface area contributed by atoms with Crippen molar-refractivity contribution in [1.82, 2.24) is 20.2 Å². The minimum Gasteiger partial charge on any atom is -0.379 e. The van der Waals surface area contributed by atoms with E-state index in [9.17, 15) is 47.9 Å². The first-order valence-corrected chi connectivity index (χ1v) is 25.8. The summed E-state index contributed by atoms with van der Waals surface area (Å²) in [5.74, 6) is -3.81. The SMILES string of the molecule is CC(=O)CCOCCOCCOCCOCCOCCOCCN.CC(=O)CCOCCOCCOCCOCCOCCOCCNC(=O)CCN1C(=O)C=CC1=O.O=C(CCN1C(=O)C=CC1=O)ON1C(=O)CCC1=O. The Hall–Kier alpha value is -5.34. The summed E-state index contributed by atoms with van der Waals surface area (Å²) < 4.78 is 63.9. The molecule has 0 atom stereocenters. The van der Waals surface area contributed by atoms with Crippen molar-refractivity contribution in [2.45, 2.75) is 52.4 Å². The number of hydrogen-bond acceptors (Lipinski definition) is 24. The van der Waals surface area contributed by atoms with Gasteiger partial charge in [-0.25, -0.2) is 4.79 Å². The van der Waals surface area contributed by atoms with Crippen LogP contribution in [0.25, 0.3) is 0 Å². The van der Waals surface area contributed by atoms with E-state index >= 15 is 0 Å². The maximum absolute atomic E-state index is 11.7. The van der Waals surface area contributed by atoms with Crippen molar-refractivity contribution >= 4 is 58.9 Å². The first-order valence-electron chi connectivity index (χ1n) is 25.8. The standard InChI is InChI=1S/C23H38N2O10.C16H33NO7.C11H10N2O6/c1-20(26)5-8-30-10-12-32-14-16-34-18-19-35-17-15-33-13-11-31-9-6-24-21(27)4-7-25-22(28)2-3-23(25)29;1-16(18)2-4-19-6-8-21-10-12-23-14-15-24-13-11-22-9-7-20-5-3-17;14-7-1-2-8(15)12(7)6-5-11(18)19-13-9(16)3-4-10(13)17/h2-3H,4-19H2,1H3,(H,24,27);2-15,17H2,1H3;1-2H,3-6H2. The Morgan fingerprint density at radius 2 is 0.692 bits per heavy atom. The zero-order valence-electron chi connectivity index (χ0n) is 45.2. The average molecular weight is 1120 g/mol. The number of nitrogens with one attached hydrogen (secondary N) is 1. The minimum atomic E-state index is -0.851. The zero-order valence-corrected chi connectivity index (χ0v) is 45.2. The average Bonchev–Trinajstić information content (AvgIpc) is 4.04. The van der Waals surface area contributed by atoms with Crippen molar-refractivity contribution in [3.63, 3.8) is 0 Å². The van der Waals surface area contributed by atoms with Crippen molar-refractivity contribution in [2.75, 3.05) is 185 Å². The van der Waals surface area contributed by atoms with Crippen molar-refractivity contribution in [3.05, 3.63) is 24.3 Å². The van der Waals surface area contributed by atoms with Gasteiger partial charge in [0.05, 0.1) is 165 Å². The maximum Gasteiger partial charge on any atom is 0.335 e. The number of rotatable bonds is 48. The van der Waals surface area contributed by atoms with Crippen LogP contribution in [0.4, 0.5) is 0 Å². The molecule has 78 heavy (non-hydrogen) atoms. The molecule has 3 aliphatic rings. The number of carbonyl (C=O) groups is 10. The third kappa shape index (κ3) is 39.9. The van der Waals surface area contributed by atoms with Gasteiger partial charge in [0.15, 0.2) is 0 Å². The molecule has 0 unspecified atom stereocenters. The topological polar surface area (TPSA) is 338 Å². The molecule has 444 valence electrons. The predicted molar refractivity (Wildman–Crippen MR) is 271 cm³/mol. The third-order valence-electron chi connectivity index (χ3n) is 9.85. The van der Waals surface area contributed by atoms with Crippen LogP contribution >= 0.6 is 0 Å². The Bertz CT molecular complexity index is 1770. The summed E-state index contributed by atoms with van der Waals surface area (Å²) in [4.78, 5) is 119. The predicted octanol–water partition coefficient (Wildman–Crippen LogP) is -1.57. The molecule has 1 fully saturated rings. The minimum absolute atomic E-state index is 0.0130. The fourth-order valence-corrected chi connectivity index (χ4v) is 5.79. The molecule has 3 aliphatic heterocycles. The highest BCUT2D eigenvalue weighted by molar-refractivity contribution is 6.13. The number of imide groups is 3. The molecule has 3 heterocycles. The van der Waals surface area contributed by atoms with Gasteiger partial charge in [-0.1, -0.05) is 0 Å². The van der Waals surface area contributed by atoms with Gasteiger partial charge in [-0.3, -0.25) is 53.0 Å². The molecule has 0 saturated carbocycles. The lowest BCUT2D eigenvalue weighted by molar-refractivity contribution is -0.197. The second-order valence-corrected chi connectivity index (χ2v) is 16.3. The van der Waals surface area contributed by atoms with Crippen LogP contribution in [0.15, 0.2) is 24.3 Å². The fourth-order valence-electron chi connectivity index (χ4n) is 5.79. The lowest BCUT2D eigenvalue weighted by Gasteiger charge is -2.15. The number of nitrogens with two attached hydrogens (primary N) is 1. The van der Waals surface area contributed by atoms with E-state index in [2.05, 4.69) is 10.2 Å². The van der Waals surface area contributed by atoms with E-state index in [1.807, 2.05) is 0 Å².